The first-order valence-corrected chi connectivity index (χ1v) is 6.25. The van der Waals surface area contributed by atoms with Gasteiger partial charge in [0.05, 0.1) is 0 Å². The molecule has 3 heteroatoms. The van der Waals surface area contributed by atoms with Crippen LogP contribution in [0.4, 0.5) is 0 Å². The zero-order valence-corrected chi connectivity index (χ0v) is 10.5. The van der Waals surface area contributed by atoms with Crippen LogP contribution in [0.1, 0.15) is 33.1 Å². The highest BCUT2D eigenvalue weighted by molar-refractivity contribution is 4.82. The van der Waals surface area contributed by atoms with E-state index in [9.17, 15) is 0 Å². The van der Waals surface area contributed by atoms with Gasteiger partial charge in [-0.1, -0.05) is 13.3 Å². The second kappa shape index (κ2) is 7.20. The molecule has 0 aromatic carbocycles. The summed E-state index contributed by atoms with van der Waals surface area (Å²) >= 11 is 0. The van der Waals surface area contributed by atoms with Crippen molar-refractivity contribution in [2.45, 2.75) is 45.2 Å². The Hall–Kier alpha value is -0.120. The number of methoxy groups -OCH3 is 1. The van der Waals surface area contributed by atoms with Gasteiger partial charge in [-0.3, -0.25) is 4.90 Å². The van der Waals surface area contributed by atoms with Gasteiger partial charge >= 0.3 is 0 Å². The molecular formula is C12H26N2O. The summed E-state index contributed by atoms with van der Waals surface area (Å²) in [6, 6.07) is 1.39. The van der Waals surface area contributed by atoms with Crippen LogP contribution in [0, 0.1) is 0 Å². The summed E-state index contributed by atoms with van der Waals surface area (Å²) in [5.41, 5.74) is 0. The van der Waals surface area contributed by atoms with Gasteiger partial charge in [0.15, 0.2) is 0 Å². The number of nitrogens with zero attached hydrogens (tertiary/aromatic N) is 1. The highest BCUT2D eigenvalue weighted by Crippen LogP contribution is 2.15. The minimum atomic E-state index is 0.656. The molecule has 0 saturated carbocycles. The Bertz CT molecular complexity index is 162. The van der Waals surface area contributed by atoms with Gasteiger partial charge in [0.1, 0.15) is 0 Å². The van der Waals surface area contributed by atoms with Gasteiger partial charge in [-0.05, 0) is 19.8 Å². The zero-order chi connectivity index (χ0) is 11.1. The molecule has 1 N–H and O–H groups in total. The second-order valence-corrected chi connectivity index (χ2v) is 4.51. The zero-order valence-electron chi connectivity index (χ0n) is 10.5. The Labute approximate surface area is 94.2 Å². The van der Waals surface area contributed by atoms with Gasteiger partial charge < -0.3 is 10.1 Å². The van der Waals surface area contributed by atoms with Crippen LogP contribution < -0.4 is 5.32 Å². The lowest BCUT2D eigenvalue weighted by Crippen LogP contribution is -2.54. The summed E-state index contributed by atoms with van der Waals surface area (Å²) in [4.78, 5) is 2.65. The van der Waals surface area contributed by atoms with Crippen molar-refractivity contribution in [3.63, 3.8) is 0 Å². The van der Waals surface area contributed by atoms with Crippen molar-refractivity contribution in [3.8, 4) is 0 Å². The van der Waals surface area contributed by atoms with E-state index < -0.39 is 0 Å². The number of hydrogen-bond donors (Lipinski definition) is 1. The molecule has 0 amide bonds. The molecule has 1 aliphatic rings. The van der Waals surface area contributed by atoms with E-state index in [-0.39, 0.29) is 0 Å². The first-order valence-electron chi connectivity index (χ1n) is 6.25. The first kappa shape index (κ1) is 12.9. The molecule has 90 valence electrons. The highest BCUT2D eigenvalue weighted by atomic mass is 16.5. The molecule has 15 heavy (non-hydrogen) atoms. The molecule has 1 fully saturated rings. The van der Waals surface area contributed by atoms with Crippen LogP contribution in [0.5, 0.6) is 0 Å². The van der Waals surface area contributed by atoms with E-state index in [1.165, 1.54) is 19.4 Å². The van der Waals surface area contributed by atoms with E-state index in [0.717, 1.165) is 32.2 Å². The van der Waals surface area contributed by atoms with Gasteiger partial charge in [0.2, 0.25) is 0 Å². The fraction of sp³-hybridized carbons (Fsp3) is 1.00. The molecule has 2 unspecified atom stereocenters. The molecule has 0 radical (unpaired) electrons. The van der Waals surface area contributed by atoms with Crippen LogP contribution in [-0.4, -0.2) is 50.3 Å². The Balaban J connectivity index is 2.39. The van der Waals surface area contributed by atoms with Crippen LogP contribution in [0.3, 0.4) is 0 Å². The summed E-state index contributed by atoms with van der Waals surface area (Å²) < 4.78 is 5.16. The van der Waals surface area contributed by atoms with Crippen molar-refractivity contribution in [2.75, 3.05) is 33.4 Å². The van der Waals surface area contributed by atoms with E-state index in [1.807, 2.05) is 0 Å². The summed E-state index contributed by atoms with van der Waals surface area (Å²) in [7, 11) is 1.79. The molecule has 1 heterocycles. The second-order valence-electron chi connectivity index (χ2n) is 4.51. The van der Waals surface area contributed by atoms with Crippen LogP contribution in [0.25, 0.3) is 0 Å². The van der Waals surface area contributed by atoms with Crippen molar-refractivity contribution in [1.82, 2.24) is 10.2 Å². The molecule has 3 nitrogen and oxygen atoms in total. The number of nitrogens with one attached hydrogen (secondary N) is 1. The van der Waals surface area contributed by atoms with Crippen molar-refractivity contribution < 1.29 is 4.74 Å². The van der Waals surface area contributed by atoms with Gasteiger partial charge in [-0.25, -0.2) is 0 Å². The molecule has 0 bridgehead atoms. The fourth-order valence-electron chi connectivity index (χ4n) is 2.41. The summed E-state index contributed by atoms with van der Waals surface area (Å²) in [5, 5.41) is 3.49. The van der Waals surface area contributed by atoms with Gasteiger partial charge in [0.25, 0.3) is 0 Å². The van der Waals surface area contributed by atoms with Crippen molar-refractivity contribution in [3.05, 3.63) is 0 Å². The summed E-state index contributed by atoms with van der Waals surface area (Å²) in [5.74, 6) is 0. The van der Waals surface area contributed by atoms with Crippen molar-refractivity contribution >= 4 is 0 Å². The molecular weight excluding hydrogens is 188 g/mol. The SMILES string of the molecule is CCCC1CNCCN1C(C)CCOC. The lowest BCUT2D eigenvalue weighted by molar-refractivity contribution is 0.0819. The van der Waals surface area contributed by atoms with Crippen LogP contribution in [0.15, 0.2) is 0 Å². The monoisotopic (exact) mass is 214 g/mol. The maximum absolute atomic E-state index is 5.16. The Kier molecular flexibility index (Phi) is 6.22. The average molecular weight is 214 g/mol. The quantitative estimate of drug-likeness (QED) is 0.725. The number of piperazine rings is 1. The van der Waals surface area contributed by atoms with E-state index in [2.05, 4.69) is 24.1 Å². The molecule has 0 aromatic heterocycles. The first-order chi connectivity index (χ1) is 7.29. The fourth-order valence-corrected chi connectivity index (χ4v) is 2.41. The predicted molar refractivity (Wildman–Crippen MR) is 64.2 cm³/mol. The minimum absolute atomic E-state index is 0.656. The third-order valence-corrected chi connectivity index (χ3v) is 3.32. The molecule has 0 aliphatic carbocycles. The van der Waals surface area contributed by atoms with Gasteiger partial charge in [0, 0.05) is 45.4 Å². The molecule has 0 aromatic rings. The van der Waals surface area contributed by atoms with Gasteiger partial charge in [-0.2, -0.15) is 0 Å². The highest BCUT2D eigenvalue weighted by Gasteiger charge is 2.25. The van der Waals surface area contributed by atoms with Crippen molar-refractivity contribution in [1.29, 1.82) is 0 Å². The van der Waals surface area contributed by atoms with E-state index >= 15 is 0 Å². The van der Waals surface area contributed by atoms with E-state index in [1.54, 1.807) is 7.11 Å². The molecule has 1 rings (SSSR count). The van der Waals surface area contributed by atoms with Crippen LogP contribution in [0.2, 0.25) is 0 Å². The number of hydrogen-bond acceptors (Lipinski definition) is 3. The standard InChI is InChI=1S/C12H26N2O/c1-4-5-12-10-13-7-8-14(12)11(2)6-9-15-3/h11-13H,4-10H2,1-3H3. The van der Waals surface area contributed by atoms with Gasteiger partial charge in [-0.15, -0.1) is 0 Å². The largest absolute Gasteiger partial charge is 0.385 e. The summed E-state index contributed by atoms with van der Waals surface area (Å²) in [6.45, 7) is 8.96. The Morgan fingerprint density at radius 1 is 1.53 bits per heavy atom. The third kappa shape index (κ3) is 4.09. The molecule has 1 saturated heterocycles. The topological polar surface area (TPSA) is 24.5 Å². The summed E-state index contributed by atoms with van der Waals surface area (Å²) in [6.07, 6.45) is 3.74. The molecule has 0 spiro atoms. The number of ether oxygens (including phenoxy) is 1. The maximum Gasteiger partial charge on any atom is 0.0477 e. The Morgan fingerprint density at radius 3 is 3.00 bits per heavy atom. The lowest BCUT2D eigenvalue weighted by Gasteiger charge is -2.40. The average Bonchev–Trinajstić information content (AvgIpc) is 2.27. The molecule has 2 atom stereocenters. The third-order valence-electron chi connectivity index (χ3n) is 3.32. The smallest absolute Gasteiger partial charge is 0.0477 e. The normalized spacial score (nSPS) is 25.4. The van der Waals surface area contributed by atoms with Crippen LogP contribution in [-0.2, 0) is 4.74 Å². The van der Waals surface area contributed by atoms with E-state index in [0.29, 0.717) is 6.04 Å². The van der Waals surface area contributed by atoms with E-state index in [4.69, 9.17) is 4.74 Å². The lowest BCUT2D eigenvalue weighted by atomic mass is 10.0. The molecule has 1 aliphatic heterocycles. The number of rotatable bonds is 6. The maximum atomic E-state index is 5.16. The Morgan fingerprint density at radius 2 is 2.33 bits per heavy atom. The van der Waals surface area contributed by atoms with Crippen LogP contribution >= 0.6 is 0 Å². The minimum Gasteiger partial charge on any atom is -0.385 e. The van der Waals surface area contributed by atoms with Crippen molar-refractivity contribution in [2.24, 2.45) is 0 Å². The predicted octanol–water partition coefficient (Wildman–Crippen LogP) is 1.49.